The van der Waals surface area contributed by atoms with Gasteiger partial charge in [0.15, 0.2) is 11.4 Å². The number of benzene rings is 1. The van der Waals surface area contributed by atoms with Crippen LogP contribution in [-0.2, 0) is 11.2 Å². The lowest BCUT2D eigenvalue weighted by Gasteiger charge is -2.24. The molecule has 1 unspecified atom stereocenters. The minimum absolute atomic E-state index is 0.215. The van der Waals surface area contributed by atoms with Crippen molar-refractivity contribution in [1.29, 1.82) is 0 Å². The number of carboxylic acid groups (broad SMARTS) is 1. The third-order valence-electron chi connectivity index (χ3n) is 4.91. The quantitative estimate of drug-likeness (QED) is 0.864. The van der Waals surface area contributed by atoms with E-state index in [1.54, 1.807) is 6.07 Å². The summed E-state index contributed by atoms with van der Waals surface area (Å²) in [5.74, 6) is 0.358. The van der Waals surface area contributed by atoms with Crippen molar-refractivity contribution in [3.05, 3.63) is 23.8 Å². The average Bonchev–Trinajstić information content (AvgIpc) is 3.22. The molecular weight excluding hydrogens is 340 g/mol. The number of anilines is 1. The Bertz CT molecular complexity index is 892. The van der Waals surface area contributed by atoms with Gasteiger partial charge in [-0.3, -0.25) is 15.0 Å². The number of aromatic nitrogens is 1. The van der Waals surface area contributed by atoms with Crippen LogP contribution >= 0.6 is 0 Å². The van der Waals surface area contributed by atoms with Crippen LogP contribution in [0.1, 0.15) is 18.4 Å². The van der Waals surface area contributed by atoms with Crippen LogP contribution in [0.3, 0.4) is 0 Å². The molecule has 2 saturated heterocycles. The summed E-state index contributed by atoms with van der Waals surface area (Å²) in [7, 11) is 0. The van der Waals surface area contributed by atoms with Crippen LogP contribution in [-0.4, -0.2) is 52.8 Å². The zero-order valence-corrected chi connectivity index (χ0v) is 14.0. The highest BCUT2D eigenvalue weighted by atomic mass is 16.5. The number of imide groups is 1. The minimum atomic E-state index is -0.880. The molecule has 1 aromatic carbocycles. The number of rotatable bonds is 3. The first-order chi connectivity index (χ1) is 12.5. The van der Waals surface area contributed by atoms with E-state index in [-0.39, 0.29) is 24.8 Å². The van der Waals surface area contributed by atoms with Crippen molar-refractivity contribution in [2.45, 2.75) is 19.3 Å². The molecule has 0 aliphatic carbocycles. The molecule has 4 amide bonds. The number of amides is 4. The van der Waals surface area contributed by atoms with Gasteiger partial charge in [0.1, 0.15) is 0 Å². The number of nitrogens with zero attached hydrogens (tertiary/aromatic N) is 3. The highest BCUT2D eigenvalue weighted by Crippen LogP contribution is 2.30. The molecule has 1 aromatic heterocycles. The third-order valence-corrected chi connectivity index (χ3v) is 4.91. The fourth-order valence-corrected chi connectivity index (χ4v) is 3.57. The number of carbonyl (C=O) groups is 3. The summed E-state index contributed by atoms with van der Waals surface area (Å²) >= 11 is 0. The standard InChI is InChI=1S/C17H18N4O5/c22-14-4-6-21(16(23)18-14)15-12-8-10(1-2-13(12)26-19-15)7-11-3-5-20(9-11)17(24)25/h1-2,8,11H,3-7,9H2,(H,24,25)(H,18,22,23). The molecule has 0 radical (unpaired) electrons. The maximum Gasteiger partial charge on any atom is 0.407 e. The molecule has 0 saturated carbocycles. The summed E-state index contributed by atoms with van der Waals surface area (Å²) in [6.45, 7) is 1.34. The van der Waals surface area contributed by atoms with E-state index in [0.717, 1.165) is 18.4 Å². The van der Waals surface area contributed by atoms with Gasteiger partial charge in [0.2, 0.25) is 5.91 Å². The maximum atomic E-state index is 12.1. The molecule has 2 aromatic rings. The monoisotopic (exact) mass is 358 g/mol. The van der Waals surface area contributed by atoms with Crippen molar-refractivity contribution in [1.82, 2.24) is 15.4 Å². The first-order valence-corrected chi connectivity index (χ1v) is 8.49. The van der Waals surface area contributed by atoms with Crippen LogP contribution < -0.4 is 10.2 Å². The van der Waals surface area contributed by atoms with Gasteiger partial charge in [-0.2, -0.15) is 0 Å². The summed E-state index contributed by atoms with van der Waals surface area (Å²) in [5.41, 5.74) is 1.60. The van der Waals surface area contributed by atoms with Crippen LogP contribution in [0.25, 0.3) is 11.0 Å². The first-order valence-electron chi connectivity index (χ1n) is 8.49. The Balaban J connectivity index is 1.56. The first kappa shape index (κ1) is 16.4. The predicted octanol–water partition coefficient (Wildman–Crippen LogP) is 1.82. The van der Waals surface area contributed by atoms with E-state index in [0.29, 0.717) is 29.9 Å². The molecule has 9 heteroatoms. The van der Waals surface area contributed by atoms with Gasteiger partial charge in [0, 0.05) is 26.1 Å². The maximum absolute atomic E-state index is 12.1. The Kier molecular flexibility index (Phi) is 3.98. The van der Waals surface area contributed by atoms with E-state index >= 15 is 0 Å². The molecule has 2 aliphatic rings. The summed E-state index contributed by atoms with van der Waals surface area (Å²) in [6, 6.07) is 5.15. The van der Waals surface area contributed by atoms with Crippen molar-refractivity contribution in [3.63, 3.8) is 0 Å². The topological polar surface area (TPSA) is 116 Å². The number of nitrogens with one attached hydrogen (secondary N) is 1. The molecule has 0 bridgehead atoms. The van der Waals surface area contributed by atoms with Crippen LogP contribution in [0, 0.1) is 5.92 Å². The predicted molar refractivity (Wildman–Crippen MR) is 90.9 cm³/mol. The van der Waals surface area contributed by atoms with E-state index in [4.69, 9.17) is 9.63 Å². The highest BCUT2D eigenvalue weighted by Gasteiger charge is 2.29. The van der Waals surface area contributed by atoms with Gasteiger partial charge in [-0.05, 0) is 36.5 Å². The smallest absolute Gasteiger partial charge is 0.407 e. The van der Waals surface area contributed by atoms with Crippen molar-refractivity contribution in [2.24, 2.45) is 5.92 Å². The molecule has 2 aliphatic heterocycles. The second-order valence-corrected chi connectivity index (χ2v) is 6.68. The van der Waals surface area contributed by atoms with Gasteiger partial charge in [0.05, 0.1) is 5.39 Å². The summed E-state index contributed by atoms with van der Waals surface area (Å²) in [6.07, 6.45) is 0.911. The van der Waals surface area contributed by atoms with E-state index in [1.165, 1.54) is 9.80 Å². The molecular formula is C17H18N4O5. The molecule has 0 spiro atoms. The Hall–Kier alpha value is -3.10. The Morgan fingerprint density at radius 3 is 2.92 bits per heavy atom. The van der Waals surface area contributed by atoms with Gasteiger partial charge >= 0.3 is 12.1 Å². The molecule has 3 heterocycles. The lowest BCUT2D eigenvalue weighted by molar-refractivity contribution is -0.120. The van der Waals surface area contributed by atoms with Crippen LogP contribution in [0.5, 0.6) is 0 Å². The number of urea groups is 1. The number of carbonyl (C=O) groups excluding carboxylic acids is 2. The molecule has 136 valence electrons. The van der Waals surface area contributed by atoms with Gasteiger partial charge in [-0.15, -0.1) is 0 Å². The Morgan fingerprint density at radius 1 is 1.35 bits per heavy atom. The van der Waals surface area contributed by atoms with Crippen molar-refractivity contribution in [2.75, 3.05) is 24.5 Å². The third kappa shape index (κ3) is 2.96. The SMILES string of the molecule is O=C1CCN(c2noc3ccc(CC4CCN(C(=O)O)C4)cc23)C(=O)N1. The zero-order valence-electron chi connectivity index (χ0n) is 14.0. The summed E-state index contributed by atoms with van der Waals surface area (Å²) < 4.78 is 5.31. The van der Waals surface area contributed by atoms with E-state index < -0.39 is 12.1 Å². The second-order valence-electron chi connectivity index (χ2n) is 6.68. The van der Waals surface area contributed by atoms with Gasteiger partial charge in [-0.25, -0.2) is 9.59 Å². The molecule has 2 N–H and O–H groups in total. The fourth-order valence-electron chi connectivity index (χ4n) is 3.57. The zero-order chi connectivity index (χ0) is 18.3. The molecule has 2 fully saturated rings. The van der Waals surface area contributed by atoms with E-state index in [2.05, 4.69) is 10.5 Å². The Labute approximate surface area is 148 Å². The number of fused-ring (bicyclic) bond motifs is 1. The number of hydrogen-bond donors (Lipinski definition) is 2. The average molecular weight is 358 g/mol. The van der Waals surface area contributed by atoms with Gasteiger partial charge < -0.3 is 14.5 Å². The van der Waals surface area contributed by atoms with E-state index in [9.17, 15) is 14.4 Å². The van der Waals surface area contributed by atoms with Gasteiger partial charge in [-0.1, -0.05) is 11.2 Å². The van der Waals surface area contributed by atoms with Crippen molar-refractivity contribution < 1.29 is 24.0 Å². The number of likely N-dealkylation sites (tertiary alicyclic amines) is 1. The molecule has 26 heavy (non-hydrogen) atoms. The van der Waals surface area contributed by atoms with Crippen molar-refractivity contribution >= 4 is 34.8 Å². The van der Waals surface area contributed by atoms with Gasteiger partial charge in [0.25, 0.3) is 0 Å². The molecule has 9 nitrogen and oxygen atoms in total. The largest absolute Gasteiger partial charge is 0.465 e. The van der Waals surface area contributed by atoms with Crippen molar-refractivity contribution in [3.8, 4) is 0 Å². The normalized spacial score (nSPS) is 20.7. The lowest BCUT2D eigenvalue weighted by Crippen LogP contribution is -2.49. The van der Waals surface area contributed by atoms with Crippen LogP contribution in [0.15, 0.2) is 22.7 Å². The van der Waals surface area contributed by atoms with E-state index in [1.807, 2.05) is 12.1 Å². The Morgan fingerprint density at radius 2 is 2.19 bits per heavy atom. The fraction of sp³-hybridized carbons (Fsp3) is 0.412. The molecule has 4 rings (SSSR count). The molecule has 1 atom stereocenters. The van der Waals surface area contributed by atoms with Crippen LogP contribution in [0.4, 0.5) is 15.4 Å². The second kappa shape index (κ2) is 6.32. The van der Waals surface area contributed by atoms with Crippen LogP contribution in [0.2, 0.25) is 0 Å². The minimum Gasteiger partial charge on any atom is -0.465 e. The number of hydrogen-bond acceptors (Lipinski definition) is 5. The lowest BCUT2D eigenvalue weighted by atomic mass is 9.98. The highest BCUT2D eigenvalue weighted by molar-refractivity contribution is 6.08. The summed E-state index contributed by atoms with van der Waals surface area (Å²) in [4.78, 5) is 37.3. The summed E-state index contributed by atoms with van der Waals surface area (Å²) in [5, 5.41) is 16.1.